The van der Waals surface area contributed by atoms with Gasteiger partial charge in [-0.2, -0.15) is 0 Å². The number of likely N-dealkylation sites (N-methyl/N-ethyl adjacent to an activating group) is 1. The molecule has 4 N–H and O–H groups in total. The number of phenols is 1. The summed E-state index contributed by atoms with van der Waals surface area (Å²) < 4.78 is 0. The first kappa shape index (κ1) is 24.7. The minimum atomic E-state index is -2.74. The molecule has 186 valence electrons. The Morgan fingerprint density at radius 1 is 1.20 bits per heavy atom. The van der Waals surface area contributed by atoms with E-state index in [2.05, 4.69) is 5.16 Å². The van der Waals surface area contributed by atoms with Gasteiger partial charge >= 0.3 is 0 Å². The van der Waals surface area contributed by atoms with Crippen LogP contribution in [-0.4, -0.2) is 82.7 Å². The van der Waals surface area contributed by atoms with E-state index in [1.807, 2.05) is 0 Å². The number of aromatic hydroxyl groups is 1. The van der Waals surface area contributed by atoms with Crippen molar-refractivity contribution in [2.24, 2.45) is 34.6 Å². The summed E-state index contributed by atoms with van der Waals surface area (Å²) in [6.07, 6.45) is 0.144. The van der Waals surface area contributed by atoms with Gasteiger partial charge in [0.1, 0.15) is 12.9 Å². The molecule has 1 aromatic rings. The van der Waals surface area contributed by atoms with Crippen LogP contribution in [0.25, 0.3) is 0 Å². The summed E-state index contributed by atoms with van der Waals surface area (Å²) in [5.41, 5.74) is 3.95. The molecule has 0 aliphatic heterocycles. The third-order valence-electron chi connectivity index (χ3n) is 7.56. The molecule has 0 spiro atoms. The van der Waals surface area contributed by atoms with Crippen LogP contribution >= 0.6 is 0 Å². The third-order valence-corrected chi connectivity index (χ3v) is 7.56. The molecule has 0 heterocycles. The van der Waals surface area contributed by atoms with Gasteiger partial charge in [0.05, 0.1) is 23.2 Å². The average Bonchev–Trinajstić information content (AvgIpc) is 2.76. The van der Waals surface area contributed by atoms with Gasteiger partial charge in [0.25, 0.3) is 0 Å². The molecule has 35 heavy (non-hydrogen) atoms. The summed E-state index contributed by atoms with van der Waals surface area (Å²) >= 11 is 0. The molecule has 0 bridgehead atoms. The van der Waals surface area contributed by atoms with Crippen molar-refractivity contribution in [3.63, 3.8) is 0 Å². The summed E-state index contributed by atoms with van der Waals surface area (Å²) in [5, 5.41) is 26.0. The van der Waals surface area contributed by atoms with Crippen LogP contribution in [0.3, 0.4) is 0 Å². The van der Waals surface area contributed by atoms with Crippen molar-refractivity contribution >= 4 is 34.8 Å². The van der Waals surface area contributed by atoms with Crippen LogP contribution in [-0.2, 0) is 30.4 Å². The van der Waals surface area contributed by atoms with Gasteiger partial charge in [-0.15, -0.1) is 0 Å². The van der Waals surface area contributed by atoms with Crippen LogP contribution in [0.2, 0.25) is 0 Å². The normalized spacial score (nSPS) is 32.7. The number of Topliss-reactive ketones (excluding diaryl/α,β-unsaturated/α-hetero) is 4. The lowest BCUT2D eigenvalue weighted by atomic mass is 9.52. The third kappa shape index (κ3) is 3.33. The van der Waals surface area contributed by atoms with Gasteiger partial charge in [-0.3, -0.25) is 28.9 Å². The Hall–Kier alpha value is -3.44. The summed E-state index contributed by atoms with van der Waals surface area (Å²) in [6, 6.07) is 1.76. The second-order valence-corrected chi connectivity index (χ2v) is 9.63. The number of oxime groups is 1. The number of primary amides is 1. The predicted molar refractivity (Wildman–Crippen MR) is 121 cm³/mol. The highest BCUT2D eigenvalue weighted by Crippen LogP contribution is 2.51. The molecule has 6 atom stereocenters. The van der Waals surface area contributed by atoms with E-state index >= 15 is 0 Å². The zero-order valence-corrected chi connectivity index (χ0v) is 19.8. The zero-order chi connectivity index (χ0) is 26.0. The van der Waals surface area contributed by atoms with Gasteiger partial charge in [0.15, 0.2) is 34.7 Å². The lowest BCUT2D eigenvalue weighted by Crippen LogP contribution is -2.74. The Labute approximate surface area is 200 Å². The Morgan fingerprint density at radius 3 is 2.43 bits per heavy atom. The van der Waals surface area contributed by atoms with Crippen molar-refractivity contribution in [2.45, 2.75) is 31.4 Å². The number of carbonyl (C=O) groups excluding carboxylic acids is 5. The number of nitrogens with two attached hydrogens (primary N) is 1. The molecule has 11 nitrogen and oxygen atoms in total. The van der Waals surface area contributed by atoms with Crippen molar-refractivity contribution in [3.05, 3.63) is 28.8 Å². The molecular formula is C24H27N3O8. The summed E-state index contributed by atoms with van der Waals surface area (Å²) in [5.74, 6) is -10.7. The van der Waals surface area contributed by atoms with Crippen LogP contribution in [0, 0.1) is 23.7 Å². The largest absolute Gasteiger partial charge is 0.507 e. The van der Waals surface area contributed by atoms with E-state index in [0.29, 0.717) is 16.8 Å². The highest BCUT2D eigenvalue weighted by molar-refractivity contribution is 6.32. The van der Waals surface area contributed by atoms with E-state index in [4.69, 9.17) is 10.6 Å². The molecule has 4 rings (SSSR count). The molecule has 3 aliphatic carbocycles. The number of rotatable bonds is 4. The Balaban J connectivity index is 1.89. The molecule has 2 saturated carbocycles. The van der Waals surface area contributed by atoms with Crippen molar-refractivity contribution < 1.29 is 39.0 Å². The first-order chi connectivity index (χ1) is 16.4. The van der Waals surface area contributed by atoms with Crippen LogP contribution in [0.4, 0.5) is 0 Å². The molecule has 11 heteroatoms. The fourth-order valence-corrected chi connectivity index (χ4v) is 6.13. The van der Waals surface area contributed by atoms with E-state index in [9.17, 15) is 34.2 Å². The standard InChI is InChI=1S/C24H27N3O8/c1-9(26-35-4)11-5-6-14(28)16-12(11)7-10-8-13-18(27(2)3)20(30)17(23(25)33)22(32)24(13,34)21(31)15(10)19(16)29/h5-6,10,13,15,17-18,28,34H,7-8H2,1-4H3,(H2,25,33)/t10-,13-,15?,17?,18-,24-/m1/s1. The summed E-state index contributed by atoms with van der Waals surface area (Å²) in [7, 11) is 4.45. The monoisotopic (exact) mass is 485 g/mol. The minimum Gasteiger partial charge on any atom is -0.507 e. The Bertz CT molecular complexity index is 1210. The van der Waals surface area contributed by atoms with Crippen molar-refractivity contribution in [2.75, 3.05) is 21.2 Å². The number of ketones is 4. The Morgan fingerprint density at radius 2 is 1.86 bits per heavy atom. The van der Waals surface area contributed by atoms with Crippen molar-refractivity contribution in [1.82, 2.24) is 4.90 Å². The maximum Gasteiger partial charge on any atom is 0.235 e. The SMILES string of the molecule is CON=C(C)c1ccc(O)c2c1C[C@@H]1C[C@@H]3[C@@H](N(C)C)C(=O)C(C(N)=O)C(=O)[C@]3(O)C(=O)C1C2=O. The van der Waals surface area contributed by atoms with E-state index in [1.54, 1.807) is 13.0 Å². The minimum absolute atomic E-state index is 0.0144. The van der Waals surface area contributed by atoms with Crippen LogP contribution in [0.15, 0.2) is 17.3 Å². The van der Waals surface area contributed by atoms with Crippen LogP contribution in [0.5, 0.6) is 5.75 Å². The first-order valence-electron chi connectivity index (χ1n) is 11.1. The number of hydrogen-bond acceptors (Lipinski definition) is 10. The number of hydrogen-bond donors (Lipinski definition) is 3. The summed E-state index contributed by atoms with van der Waals surface area (Å²) in [6.45, 7) is 1.67. The number of aliphatic hydroxyl groups is 1. The van der Waals surface area contributed by atoms with Crippen molar-refractivity contribution in [1.29, 1.82) is 0 Å². The molecule has 2 unspecified atom stereocenters. The predicted octanol–water partition coefficient (Wildman–Crippen LogP) is -0.763. The number of carbonyl (C=O) groups is 5. The van der Waals surface area contributed by atoms with Gasteiger partial charge in [-0.25, -0.2) is 0 Å². The van der Waals surface area contributed by atoms with Gasteiger partial charge in [-0.1, -0.05) is 5.16 Å². The molecular weight excluding hydrogens is 458 g/mol. The molecule has 3 aliphatic rings. The zero-order valence-electron chi connectivity index (χ0n) is 19.8. The molecule has 1 amide bonds. The molecule has 2 fully saturated rings. The quantitative estimate of drug-likeness (QED) is 0.281. The fourth-order valence-electron chi connectivity index (χ4n) is 6.13. The number of fused-ring (bicyclic) bond motifs is 3. The first-order valence-corrected chi connectivity index (χ1v) is 11.1. The maximum atomic E-state index is 13.7. The lowest BCUT2D eigenvalue weighted by molar-refractivity contribution is -0.181. The van der Waals surface area contributed by atoms with E-state index in [1.165, 1.54) is 32.2 Å². The molecule has 0 aromatic heterocycles. The van der Waals surface area contributed by atoms with E-state index < -0.39 is 64.4 Å². The van der Waals surface area contributed by atoms with E-state index in [0.717, 1.165) is 0 Å². The van der Waals surface area contributed by atoms with Gasteiger partial charge in [0, 0.05) is 11.5 Å². The second-order valence-electron chi connectivity index (χ2n) is 9.63. The van der Waals surface area contributed by atoms with Crippen molar-refractivity contribution in [3.8, 4) is 5.75 Å². The number of benzene rings is 1. The number of nitrogens with zero attached hydrogens (tertiary/aromatic N) is 2. The molecule has 0 radical (unpaired) electrons. The fraction of sp³-hybridized carbons (Fsp3) is 0.500. The lowest BCUT2D eigenvalue weighted by Gasteiger charge is -2.52. The average molecular weight is 485 g/mol. The topological polar surface area (TPSA) is 177 Å². The highest BCUT2D eigenvalue weighted by Gasteiger charge is 2.69. The number of amides is 1. The Kier molecular flexibility index (Phi) is 5.89. The second kappa shape index (κ2) is 8.35. The van der Waals surface area contributed by atoms with Crippen LogP contribution in [0.1, 0.15) is 34.8 Å². The highest BCUT2D eigenvalue weighted by atomic mass is 16.6. The molecule has 1 aromatic carbocycles. The van der Waals surface area contributed by atoms with E-state index in [-0.39, 0.29) is 24.2 Å². The maximum absolute atomic E-state index is 13.7. The van der Waals surface area contributed by atoms with Gasteiger partial charge in [-0.05, 0) is 57.5 Å². The number of phenolic OH excluding ortho intramolecular Hbond substituents is 1. The molecule has 0 saturated heterocycles. The smallest absolute Gasteiger partial charge is 0.235 e. The summed E-state index contributed by atoms with van der Waals surface area (Å²) in [4.78, 5) is 71.9. The van der Waals surface area contributed by atoms with Crippen LogP contribution < -0.4 is 5.73 Å². The van der Waals surface area contributed by atoms with Gasteiger partial charge < -0.3 is 20.8 Å². The van der Waals surface area contributed by atoms with Gasteiger partial charge in [0.2, 0.25) is 5.91 Å².